The van der Waals surface area contributed by atoms with Crippen molar-refractivity contribution in [3.63, 3.8) is 0 Å². The van der Waals surface area contributed by atoms with E-state index in [2.05, 4.69) is 15.0 Å². The number of halogens is 7. The number of alkyl halides is 5. The Hall–Kier alpha value is -3.88. The van der Waals surface area contributed by atoms with Gasteiger partial charge >= 0.3 is 6.18 Å². The lowest BCUT2D eigenvalue weighted by Gasteiger charge is -2.14. The lowest BCUT2D eigenvalue weighted by Crippen LogP contribution is -2.15. The molecular formula is C21H11F7N4O. The van der Waals surface area contributed by atoms with Gasteiger partial charge in [0.2, 0.25) is 0 Å². The first-order valence-corrected chi connectivity index (χ1v) is 9.16. The lowest BCUT2D eigenvalue weighted by molar-refractivity contribution is -0.135. The van der Waals surface area contributed by atoms with Crippen molar-refractivity contribution in [2.45, 2.75) is 25.6 Å². The number of aromatic nitrogens is 3. The van der Waals surface area contributed by atoms with Crippen LogP contribution >= 0.6 is 0 Å². The fraction of sp³-hybridized carbons (Fsp3) is 0.190. The molecule has 0 spiro atoms. The van der Waals surface area contributed by atoms with Gasteiger partial charge < -0.3 is 9.09 Å². The molecule has 33 heavy (non-hydrogen) atoms. The fourth-order valence-electron chi connectivity index (χ4n) is 3.50. The molecule has 0 atom stereocenters. The summed E-state index contributed by atoms with van der Waals surface area (Å²) in [5, 5.41) is 3.01. The smallest absolute Gasteiger partial charge is 0.334 e. The largest absolute Gasteiger partial charge is 0.408 e. The molecule has 12 heteroatoms. The summed E-state index contributed by atoms with van der Waals surface area (Å²) in [4.78, 5) is 6.78. The molecule has 0 N–H and O–H groups in total. The van der Waals surface area contributed by atoms with Crippen molar-refractivity contribution in [2.24, 2.45) is 0 Å². The van der Waals surface area contributed by atoms with Crippen molar-refractivity contribution in [3.05, 3.63) is 76.5 Å². The van der Waals surface area contributed by atoms with E-state index in [4.69, 9.17) is 11.1 Å². The Labute approximate surface area is 180 Å². The summed E-state index contributed by atoms with van der Waals surface area (Å²) in [6.45, 7) is 6.98. The molecular weight excluding hydrogens is 457 g/mol. The molecule has 2 heterocycles. The Kier molecular flexibility index (Phi) is 5.15. The van der Waals surface area contributed by atoms with Crippen molar-refractivity contribution < 1.29 is 35.3 Å². The Morgan fingerprint density at radius 3 is 2.27 bits per heavy atom. The zero-order valence-electron chi connectivity index (χ0n) is 16.5. The number of rotatable bonds is 4. The highest BCUT2D eigenvalue weighted by Crippen LogP contribution is 2.44. The van der Waals surface area contributed by atoms with E-state index in [0.717, 1.165) is 28.8 Å². The Balaban J connectivity index is 1.86. The zero-order chi connectivity index (χ0) is 24.1. The first kappa shape index (κ1) is 22.3. The molecule has 0 bridgehead atoms. The van der Waals surface area contributed by atoms with Crippen LogP contribution in [0.3, 0.4) is 0 Å². The molecule has 4 aromatic rings. The molecule has 0 amide bonds. The van der Waals surface area contributed by atoms with Gasteiger partial charge in [0.25, 0.3) is 11.8 Å². The standard InChI is InChI=1S/C21H11F7N4O/c1-20(24,25)16-8-13-15(4-3-14(29-2)18(13)21(26,27)28)32(16)9-17-30-19(33-31-17)10-5-11(22)7-12(23)6-10/h3-8H,9H2,1H3. The molecule has 0 unspecified atom stereocenters. The minimum Gasteiger partial charge on any atom is -0.334 e. The van der Waals surface area contributed by atoms with Gasteiger partial charge in [-0.25, -0.2) is 22.4 Å². The van der Waals surface area contributed by atoms with Crippen molar-refractivity contribution in [1.29, 1.82) is 0 Å². The van der Waals surface area contributed by atoms with Crippen LogP contribution in [0.15, 0.2) is 40.9 Å². The van der Waals surface area contributed by atoms with Crippen LogP contribution < -0.4 is 0 Å². The predicted octanol–water partition coefficient (Wildman–Crippen LogP) is 6.70. The number of fused-ring (bicyclic) bond motifs is 1. The zero-order valence-corrected chi connectivity index (χ0v) is 16.5. The third-order valence-electron chi connectivity index (χ3n) is 4.79. The average Bonchev–Trinajstić information content (AvgIpc) is 3.31. The van der Waals surface area contributed by atoms with Gasteiger partial charge in [0, 0.05) is 29.5 Å². The van der Waals surface area contributed by atoms with Crippen molar-refractivity contribution in [3.8, 4) is 11.5 Å². The summed E-state index contributed by atoms with van der Waals surface area (Å²) < 4.78 is 102. The molecule has 4 rings (SSSR count). The van der Waals surface area contributed by atoms with Gasteiger partial charge in [-0.05, 0) is 24.3 Å². The highest BCUT2D eigenvalue weighted by Gasteiger charge is 2.38. The summed E-state index contributed by atoms with van der Waals surface area (Å²) in [5.41, 5.74) is -3.16. The van der Waals surface area contributed by atoms with E-state index in [1.54, 1.807) is 0 Å². The SMILES string of the molecule is [C-]#[N+]c1ccc2c(cc(C(C)(F)F)n2Cc2noc(-c3cc(F)cc(F)c3)n2)c1C(F)(F)F. The molecule has 5 nitrogen and oxygen atoms in total. The number of nitrogens with zero attached hydrogens (tertiary/aromatic N) is 4. The monoisotopic (exact) mass is 468 g/mol. The summed E-state index contributed by atoms with van der Waals surface area (Å²) in [5.74, 6) is -5.91. The molecule has 2 aromatic carbocycles. The van der Waals surface area contributed by atoms with E-state index in [0.29, 0.717) is 19.1 Å². The minimum absolute atomic E-state index is 0.106. The van der Waals surface area contributed by atoms with Crippen LogP contribution in [0.2, 0.25) is 0 Å². The van der Waals surface area contributed by atoms with E-state index in [1.807, 2.05) is 0 Å². The van der Waals surface area contributed by atoms with Crippen LogP contribution in [0.5, 0.6) is 0 Å². The highest BCUT2D eigenvalue weighted by molar-refractivity contribution is 5.90. The second kappa shape index (κ2) is 7.61. The molecule has 170 valence electrons. The molecule has 0 saturated carbocycles. The van der Waals surface area contributed by atoms with Crippen LogP contribution in [0.25, 0.3) is 27.2 Å². The second-order valence-electron chi connectivity index (χ2n) is 7.18. The molecule has 2 aromatic heterocycles. The van der Waals surface area contributed by atoms with E-state index in [1.165, 1.54) is 0 Å². The maximum Gasteiger partial charge on any atom is 0.408 e. The molecule has 0 aliphatic heterocycles. The Morgan fingerprint density at radius 2 is 1.70 bits per heavy atom. The minimum atomic E-state index is -4.97. The van der Waals surface area contributed by atoms with E-state index < -0.39 is 52.6 Å². The van der Waals surface area contributed by atoms with Crippen LogP contribution in [0.1, 0.15) is 24.0 Å². The van der Waals surface area contributed by atoms with Crippen molar-refractivity contribution in [2.75, 3.05) is 0 Å². The summed E-state index contributed by atoms with van der Waals surface area (Å²) in [7, 11) is 0. The second-order valence-corrected chi connectivity index (χ2v) is 7.18. The highest BCUT2D eigenvalue weighted by atomic mass is 19.4. The third kappa shape index (κ3) is 4.13. The van der Waals surface area contributed by atoms with E-state index >= 15 is 0 Å². The first-order chi connectivity index (χ1) is 15.4. The fourth-order valence-corrected chi connectivity index (χ4v) is 3.50. The topological polar surface area (TPSA) is 48.2 Å². The van der Waals surface area contributed by atoms with Crippen molar-refractivity contribution >= 4 is 16.6 Å². The van der Waals surface area contributed by atoms with Crippen molar-refractivity contribution in [1.82, 2.24) is 14.7 Å². The average molecular weight is 468 g/mol. The normalized spacial score (nSPS) is 12.3. The van der Waals surface area contributed by atoms with Crippen LogP contribution in [0.4, 0.5) is 36.4 Å². The van der Waals surface area contributed by atoms with Gasteiger partial charge in [0.15, 0.2) is 11.5 Å². The van der Waals surface area contributed by atoms with Crippen LogP contribution in [-0.4, -0.2) is 14.7 Å². The van der Waals surface area contributed by atoms with Crippen LogP contribution in [-0.2, 0) is 18.6 Å². The Bertz CT molecular complexity index is 1390. The molecule has 0 aliphatic rings. The summed E-state index contributed by atoms with van der Waals surface area (Å²) in [6, 6.07) is 5.14. The van der Waals surface area contributed by atoms with Gasteiger partial charge in [-0.2, -0.15) is 18.2 Å². The van der Waals surface area contributed by atoms with Gasteiger partial charge in [0.05, 0.1) is 24.4 Å². The quantitative estimate of drug-likeness (QED) is 0.247. The summed E-state index contributed by atoms with van der Waals surface area (Å²) in [6.07, 6.45) is -4.97. The molecule has 0 saturated heterocycles. The van der Waals surface area contributed by atoms with Gasteiger partial charge in [-0.15, -0.1) is 0 Å². The number of hydrogen-bond donors (Lipinski definition) is 0. The van der Waals surface area contributed by atoms with Crippen LogP contribution in [0, 0.1) is 18.2 Å². The lowest BCUT2D eigenvalue weighted by atomic mass is 10.1. The molecule has 0 aliphatic carbocycles. The Morgan fingerprint density at radius 1 is 1.03 bits per heavy atom. The predicted molar refractivity (Wildman–Crippen MR) is 102 cm³/mol. The van der Waals surface area contributed by atoms with E-state index in [9.17, 15) is 30.7 Å². The molecule has 0 radical (unpaired) electrons. The number of benzene rings is 2. The number of hydrogen-bond acceptors (Lipinski definition) is 3. The maximum absolute atomic E-state index is 14.3. The maximum atomic E-state index is 14.3. The van der Waals surface area contributed by atoms with Gasteiger partial charge in [0.1, 0.15) is 11.6 Å². The van der Waals surface area contributed by atoms with E-state index in [-0.39, 0.29) is 22.8 Å². The first-order valence-electron chi connectivity index (χ1n) is 9.16. The summed E-state index contributed by atoms with van der Waals surface area (Å²) >= 11 is 0. The molecule has 0 fully saturated rings. The van der Waals surface area contributed by atoms with Gasteiger partial charge in [-0.1, -0.05) is 11.2 Å². The third-order valence-corrected chi connectivity index (χ3v) is 4.79. The van der Waals surface area contributed by atoms with Gasteiger partial charge in [-0.3, -0.25) is 0 Å².